The molecular weight excluding hydrogens is 461 g/mol. The second-order valence-electron chi connectivity index (χ2n) is 8.13. The molecule has 9 heteroatoms. The summed E-state index contributed by atoms with van der Waals surface area (Å²) in [6.45, 7) is 2.03. The third-order valence-corrected chi connectivity index (χ3v) is 5.47. The number of halogens is 1. The van der Waals surface area contributed by atoms with Gasteiger partial charge in [-0.2, -0.15) is 0 Å². The van der Waals surface area contributed by atoms with Crippen LogP contribution in [0.1, 0.15) is 18.2 Å². The van der Waals surface area contributed by atoms with Crippen LogP contribution in [0.2, 0.25) is 0 Å². The van der Waals surface area contributed by atoms with Gasteiger partial charge in [0, 0.05) is 23.9 Å². The number of anilines is 1. The van der Waals surface area contributed by atoms with E-state index in [1.807, 2.05) is 37.4 Å². The fourth-order valence-electron chi connectivity index (χ4n) is 3.57. The number of rotatable bonds is 9. The molecule has 0 saturated carbocycles. The highest BCUT2D eigenvalue weighted by Crippen LogP contribution is 2.25. The van der Waals surface area contributed by atoms with E-state index >= 15 is 0 Å². The lowest BCUT2D eigenvalue weighted by Gasteiger charge is -2.15. The minimum absolute atomic E-state index is 0.253. The number of ether oxygens (including phenoxy) is 1. The second kappa shape index (κ2) is 11.2. The molecule has 0 aliphatic rings. The van der Waals surface area contributed by atoms with Crippen LogP contribution in [0.5, 0.6) is 11.5 Å². The van der Waals surface area contributed by atoms with E-state index in [4.69, 9.17) is 10.5 Å². The molecule has 0 spiro atoms. The van der Waals surface area contributed by atoms with Gasteiger partial charge in [-0.15, -0.1) is 0 Å². The van der Waals surface area contributed by atoms with Crippen molar-refractivity contribution in [3.8, 4) is 22.8 Å². The number of nitrogens with zero attached hydrogens (tertiary/aromatic N) is 1. The third-order valence-electron chi connectivity index (χ3n) is 5.47. The van der Waals surface area contributed by atoms with Crippen molar-refractivity contribution in [2.24, 2.45) is 5.73 Å². The molecule has 8 nitrogen and oxygen atoms in total. The first-order valence-corrected chi connectivity index (χ1v) is 11.4. The monoisotopic (exact) mass is 487 g/mol. The Morgan fingerprint density at radius 2 is 1.75 bits per heavy atom. The first-order chi connectivity index (χ1) is 17.4. The lowest BCUT2D eigenvalue weighted by molar-refractivity contribution is -0.119. The Hall–Kier alpha value is -4.66. The maximum absolute atomic E-state index is 13.1. The number of primary amides is 1. The molecule has 0 fully saturated rings. The summed E-state index contributed by atoms with van der Waals surface area (Å²) in [6, 6.07) is 18.6. The van der Waals surface area contributed by atoms with Crippen molar-refractivity contribution in [2.45, 2.75) is 25.8 Å². The standard InChI is InChI=1S/C27H26FN5O3/c1-2-17-14-20(30-16-17)15-24(26(29)34)32-27(35)33-25-5-3-4-23(31-25)18-6-10-21(11-7-18)36-22-12-8-19(28)9-13-22/h3-14,16,24,30H,2,15H2,1H3,(H2,29,34)(H2,31,32,33,35). The minimum atomic E-state index is -0.884. The van der Waals surface area contributed by atoms with E-state index in [-0.39, 0.29) is 12.2 Å². The molecule has 1 unspecified atom stereocenters. The summed E-state index contributed by atoms with van der Waals surface area (Å²) >= 11 is 0. The number of urea groups is 1. The molecule has 0 aliphatic carbocycles. The highest BCUT2D eigenvalue weighted by molar-refractivity contribution is 5.93. The number of carbonyl (C=O) groups excluding carboxylic acids is 2. The third kappa shape index (κ3) is 6.47. The number of benzene rings is 2. The number of hydrogen-bond acceptors (Lipinski definition) is 4. The van der Waals surface area contributed by atoms with E-state index < -0.39 is 18.0 Å². The normalized spacial score (nSPS) is 11.5. The molecule has 2 aromatic carbocycles. The highest BCUT2D eigenvalue weighted by Gasteiger charge is 2.20. The highest BCUT2D eigenvalue weighted by atomic mass is 19.1. The first kappa shape index (κ1) is 24.5. The smallest absolute Gasteiger partial charge is 0.321 e. The Balaban J connectivity index is 1.38. The SMILES string of the molecule is CCc1c[nH]c(CC(NC(=O)Nc2cccc(-c3ccc(Oc4ccc(F)cc4)cc3)n2)C(N)=O)c1. The van der Waals surface area contributed by atoms with Crippen LogP contribution in [0, 0.1) is 5.82 Å². The van der Waals surface area contributed by atoms with Gasteiger partial charge in [0.2, 0.25) is 5.91 Å². The van der Waals surface area contributed by atoms with Crippen LogP contribution in [0.4, 0.5) is 15.0 Å². The Kier molecular flexibility index (Phi) is 7.60. The molecule has 1 atom stereocenters. The van der Waals surface area contributed by atoms with Gasteiger partial charge >= 0.3 is 6.03 Å². The van der Waals surface area contributed by atoms with Gasteiger partial charge in [0.15, 0.2) is 0 Å². The van der Waals surface area contributed by atoms with Crippen molar-refractivity contribution in [1.29, 1.82) is 0 Å². The number of aromatic nitrogens is 2. The Morgan fingerprint density at radius 1 is 1.06 bits per heavy atom. The van der Waals surface area contributed by atoms with Gasteiger partial charge in [-0.3, -0.25) is 10.1 Å². The molecule has 184 valence electrons. The van der Waals surface area contributed by atoms with Gasteiger partial charge in [-0.25, -0.2) is 14.2 Å². The molecule has 2 heterocycles. The fourth-order valence-corrected chi connectivity index (χ4v) is 3.57. The van der Waals surface area contributed by atoms with Gasteiger partial charge < -0.3 is 20.8 Å². The minimum Gasteiger partial charge on any atom is -0.457 e. The van der Waals surface area contributed by atoms with Crippen molar-refractivity contribution < 1.29 is 18.7 Å². The summed E-state index contributed by atoms with van der Waals surface area (Å²) in [5.74, 6) is 0.457. The van der Waals surface area contributed by atoms with E-state index in [1.54, 1.807) is 36.4 Å². The van der Waals surface area contributed by atoms with Crippen molar-refractivity contribution in [3.05, 3.63) is 96.1 Å². The zero-order valence-corrected chi connectivity index (χ0v) is 19.6. The zero-order valence-electron chi connectivity index (χ0n) is 19.6. The summed E-state index contributed by atoms with van der Waals surface area (Å²) < 4.78 is 18.8. The average Bonchev–Trinajstić information content (AvgIpc) is 3.33. The zero-order chi connectivity index (χ0) is 25.5. The van der Waals surface area contributed by atoms with Crippen LogP contribution in [0.15, 0.2) is 79.0 Å². The second-order valence-corrected chi connectivity index (χ2v) is 8.13. The molecule has 2 aromatic heterocycles. The van der Waals surface area contributed by atoms with Gasteiger partial charge in [0.1, 0.15) is 29.2 Å². The predicted molar refractivity (Wildman–Crippen MR) is 135 cm³/mol. The number of aromatic amines is 1. The fraction of sp³-hybridized carbons (Fsp3) is 0.148. The van der Waals surface area contributed by atoms with Gasteiger partial charge in [0.05, 0.1) is 5.69 Å². The van der Waals surface area contributed by atoms with Crippen LogP contribution in [-0.2, 0) is 17.6 Å². The van der Waals surface area contributed by atoms with E-state index in [1.165, 1.54) is 12.1 Å². The summed E-state index contributed by atoms with van der Waals surface area (Å²) in [4.78, 5) is 32.0. The van der Waals surface area contributed by atoms with Crippen LogP contribution < -0.4 is 21.1 Å². The maximum atomic E-state index is 13.1. The number of H-pyrrole nitrogens is 1. The van der Waals surface area contributed by atoms with Gasteiger partial charge in [-0.05, 0) is 78.7 Å². The number of aryl methyl sites for hydroxylation is 1. The average molecular weight is 488 g/mol. The summed E-state index contributed by atoms with van der Waals surface area (Å²) in [5, 5.41) is 5.26. The van der Waals surface area contributed by atoms with Crippen LogP contribution in [0.25, 0.3) is 11.3 Å². The Bertz CT molecular complexity index is 1340. The van der Waals surface area contributed by atoms with E-state index in [9.17, 15) is 14.0 Å². The molecule has 0 radical (unpaired) electrons. The number of amides is 3. The Morgan fingerprint density at radius 3 is 2.39 bits per heavy atom. The molecule has 0 saturated heterocycles. The van der Waals surface area contributed by atoms with Crippen molar-refractivity contribution in [3.63, 3.8) is 0 Å². The number of nitrogens with two attached hydrogens (primary N) is 1. The number of nitrogens with one attached hydrogen (secondary N) is 3. The van der Waals surface area contributed by atoms with Gasteiger partial charge in [-0.1, -0.05) is 13.0 Å². The largest absolute Gasteiger partial charge is 0.457 e. The van der Waals surface area contributed by atoms with Gasteiger partial charge in [0.25, 0.3) is 0 Å². The molecule has 36 heavy (non-hydrogen) atoms. The molecule has 4 aromatic rings. The number of carbonyl (C=O) groups is 2. The van der Waals surface area contributed by atoms with E-state index in [0.29, 0.717) is 23.0 Å². The number of hydrogen-bond donors (Lipinski definition) is 4. The molecule has 4 rings (SSSR count). The van der Waals surface area contributed by atoms with Crippen molar-refractivity contribution >= 4 is 17.8 Å². The Labute approximate surface area is 207 Å². The summed E-state index contributed by atoms with van der Waals surface area (Å²) in [7, 11) is 0. The number of pyridine rings is 1. The van der Waals surface area contributed by atoms with E-state index in [0.717, 1.165) is 23.2 Å². The molecule has 0 bridgehead atoms. The van der Waals surface area contributed by atoms with E-state index in [2.05, 4.69) is 20.6 Å². The van der Waals surface area contributed by atoms with Crippen LogP contribution >= 0.6 is 0 Å². The first-order valence-electron chi connectivity index (χ1n) is 11.4. The quantitative estimate of drug-likeness (QED) is 0.271. The maximum Gasteiger partial charge on any atom is 0.321 e. The van der Waals surface area contributed by atoms with Crippen molar-refractivity contribution in [2.75, 3.05) is 5.32 Å². The molecule has 5 N–H and O–H groups in total. The summed E-state index contributed by atoms with van der Waals surface area (Å²) in [5.41, 5.74) is 8.84. The van der Waals surface area contributed by atoms with Crippen molar-refractivity contribution in [1.82, 2.24) is 15.3 Å². The summed E-state index contributed by atoms with van der Waals surface area (Å²) in [6.07, 6.45) is 2.98. The topological polar surface area (TPSA) is 122 Å². The van der Waals surface area contributed by atoms with Crippen LogP contribution in [-0.4, -0.2) is 27.9 Å². The molecule has 0 aliphatic heterocycles. The molecular formula is C27H26FN5O3. The van der Waals surface area contributed by atoms with Crippen LogP contribution in [0.3, 0.4) is 0 Å². The predicted octanol–water partition coefficient (Wildman–Crippen LogP) is 4.79. The lowest BCUT2D eigenvalue weighted by atomic mass is 10.1. The lowest BCUT2D eigenvalue weighted by Crippen LogP contribution is -2.47. The molecule has 3 amide bonds.